The Morgan fingerprint density at radius 2 is 2.00 bits per heavy atom. The average Bonchev–Trinajstić information content (AvgIpc) is 3.22. The number of hydrogen-bond acceptors (Lipinski definition) is 5. The van der Waals surface area contributed by atoms with Crippen molar-refractivity contribution in [2.24, 2.45) is 5.92 Å². The van der Waals surface area contributed by atoms with Crippen LogP contribution in [0.4, 0.5) is 0 Å². The molecule has 7 heteroatoms. The summed E-state index contributed by atoms with van der Waals surface area (Å²) in [6.45, 7) is 7.06. The highest BCUT2D eigenvalue weighted by atomic mass is 16.5. The lowest BCUT2D eigenvalue weighted by molar-refractivity contribution is -0.130. The summed E-state index contributed by atoms with van der Waals surface area (Å²) in [5.41, 5.74) is -0.179. The number of amides is 2. The summed E-state index contributed by atoms with van der Waals surface area (Å²) >= 11 is 0. The van der Waals surface area contributed by atoms with Gasteiger partial charge in [-0.25, -0.2) is 0 Å². The monoisotopic (exact) mass is 362 g/mol. The molecule has 2 amide bonds. The van der Waals surface area contributed by atoms with Gasteiger partial charge in [0.15, 0.2) is 5.82 Å². The number of carbonyl (C=O) groups excluding carboxylic acids is 2. The Morgan fingerprint density at radius 1 is 1.27 bits per heavy atom. The van der Waals surface area contributed by atoms with Crippen LogP contribution in [0.2, 0.25) is 0 Å². The minimum Gasteiger partial charge on any atom is -0.355 e. The fourth-order valence-corrected chi connectivity index (χ4v) is 3.75. The van der Waals surface area contributed by atoms with Gasteiger partial charge in [-0.2, -0.15) is 4.98 Å². The molecule has 1 aromatic rings. The van der Waals surface area contributed by atoms with Crippen LogP contribution >= 0.6 is 0 Å². The molecule has 1 aliphatic heterocycles. The summed E-state index contributed by atoms with van der Waals surface area (Å²) in [6.07, 6.45) is 6.65. The first-order valence-electron chi connectivity index (χ1n) is 9.75. The lowest BCUT2D eigenvalue weighted by atomic mass is 9.94. The van der Waals surface area contributed by atoms with Gasteiger partial charge in [0.25, 0.3) is 0 Å². The molecule has 0 radical (unpaired) electrons. The van der Waals surface area contributed by atoms with Gasteiger partial charge in [-0.1, -0.05) is 45.2 Å². The normalized spacial score (nSPS) is 22.0. The van der Waals surface area contributed by atoms with E-state index in [1.54, 1.807) is 0 Å². The van der Waals surface area contributed by atoms with E-state index in [2.05, 4.69) is 15.5 Å². The first-order chi connectivity index (χ1) is 12.3. The van der Waals surface area contributed by atoms with Crippen LogP contribution in [0, 0.1) is 5.92 Å². The first kappa shape index (κ1) is 18.9. The van der Waals surface area contributed by atoms with Crippen molar-refractivity contribution in [1.82, 2.24) is 20.4 Å². The summed E-state index contributed by atoms with van der Waals surface area (Å²) in [6, 6.07) is 0.337. The topological polar surface area (TPSA) is 88.3 Å². The zero-order valence-corrected chi connectivity index (χ0v) is 16.1. The molecule has 0 spiro atoms. The van der Waals surface area contributed by atoms with Gasteiger partial charge >= 0.3 is 0 Å². The quantitative estimate of drug-likeness (QED) is 0.867. The Kier molecular flexibility index (Phi) is 5.63. The maximum atomic E-state index is 12.4. The molecule has 0 bridgehead atoms. The number of aromatic nitrogens is 2. The molecule has 26 heavy (non-hydrogen) atoms. The number of carbonyl (C=O) groups is 2. The Morgan fingerprint density at radius 3 is 2.65 bits per heavy atom. The highest BCUT2D eigenvalue weighted by Crippen LogP contribution is 2.28. The third-order valence-corrected chi connectivity index (χ3v) is 5.30. The molecule has 1 unspecified atom stereocenters. The standard InChI is InChI=1S/C19H30N4O3/c1-19(2,3)18-21-15(22-26-18)9-10-20-17(25)13-11-16(24)23(12-13)14-7-5-4-6-8-14/h13-14H,4-12H2,1-3H3,(H,20,25). The van der Waals surface area contributed by atoms with E-state index in [-0.39, 0.29) is 23.1 Å². The van der Waals surface area contributed by atoms with Crippen LogP contribution in [-0.2, 0) is 21.4 Å². The molecule has 2 heterocycles. The van der Waals surface area contributed by atoms with Crippen LogP contribution in [0.3, 0.4) is 0 Å². The fraction of sp³-hybridized carbons (Fsp3) is 0.789. The molecule has 1 aromatic heterocycles. The van der Waals surface area contributed by atoms with Crippen LogP contribution in [0.5, 0.6) is 0 Å². The molecule has 144 valence electrons. The minimum atomic E-state index is -0.236. The van der Waals surface area contributed by atoms with E-state index in [1.165, 1.54) is 19.3 Å². The second kappa shape index (κ2) is 7.76. The van der Waals surface area contributed by atoms with Crippen molar-refractivity contribution < 1.29 is 14.1 Å². The molecular formula is C19H30N4O3. The molecule has 2 fully saturated rings. The van der Waals surface area contributed by atoms with Crippen LogP contribution < -0.4 is 5.32 Å². The van der Waals surface area contributed by atoms with Crippen molar-refractivity contribution in [2.45, 2.75) is 77.2 Å². The predicted octanol–water partition coefficient (Wildman–Crippen LogP) is 2.21. The van der Waals surface area contributed by atoms with E-state index in [4.69, 9.17) is 4.52 Å². The van der Waals surface area contributed by atoms with Crippen molar-refractivity contribution in [3.8, 4) is 0 Å². The smallest absolute Gasteiger partial charge is 0.232 e. The van der Waals surface area contributed by atoms with Gasteiger partial charge in [0.2, 0.25) is 17.7 Å². The lowest BCUT2D eigenvalue weighted by Gasteiger charge is -2.31. The summed E-state index contributed by atoms with van der Waals surface area (Å²) in [5.74, 6) is 1.05. The van der Waals surface area contributed by atoms with Gasteiger partial charge in [-0.15, -0.1) is 0 Å². The van der Waals surface area contributed by atoms with Crippen molar-refractivity contribution in [1.29, 1.82) is 0 Å². The van der Waals surface area contributed by atoms with E-state index >= 15 is 0 Å². The van der Waals surface area contributed by atoms with Crippen LogP contribution in [0.15, 0.2) is 4.52 Å². The largest absolute Gasteiger partial charge is 0.355 e. The van der Waals surface area contributed by atoms with Gasteiger partial charge in [-0.3, -0.25) is 9.59 Å². The zero-order chi connectivity index (χ0) is 18.7. The maximum Gasteiger partial charge on any atom is 0.232 e. The third kappa shape index (κ3) is 4.43. The number of hydrogen-bond donors (Lipinski definition) is 1. The van der Waals surface area contributed by atoms with Crippen molar-refractivity contribution in [3.05, 3.63) is 11.7 Å². The van der Waals surface area contributed by atoms with E-state index in [0.29, 0.717) is 43.7 Å². The number of rotatable bonds is 5. The second-order valence-electron chi connectivity index (χ2n) is 8.55. The third-order valence-electron chi connectivity index (χ3n) is 5.30. The fourth-order valence-electron chi connectivity index (χ4n) is 3.75. The van der Waals surface area contributed by atoms with E-state index in [1.807, 2.05) is 25.7 Å². The van der Waals surface area contributed by atoms with Crippen LogP contribution in [0.25, 0.3) is 0 Å². The van der Waals surface area contributed by atoms with Gasteiger partial charge < -0.3 is 14.7 Å². The SMILES string of the molecule is CC(C)(C)c1nc(CCNC(=O)C2CC(=O)N(C3CCCCC3)C2)no1. The predicted molar refractivity (Wildman–Crippen MR) is 96.4 cm³/mol. The van der Waals surface area contributed by atoms with Crippen molar-refractivity contribution >= 4 is 11.8 Å². The summed E-state index contributed by atoms with van der Waals surface area (Å²) < 4.78 is 5.26. The van der Waals surface area contributed by atoms with Gasteiger partial charge in [-0.05, 0) is 12.8 Å². The molecule has 1 atom stereocenters. The first-order valence-corrected chi connectivity index (χ1v) is 9.75. The lowest BCUT2D eigenvalue weighted by Crippen LogP contribution is -2.39. The molecule has 0 aromatic carbocycles. The van der Waals surface area contributed by atoms with E-state index < -0.39 is 0 Å². The molecular weight excluding hydrogens is 332 g/mol. The zero-order valence-electron chi connectivity index (χ0n) is 16.1. The summed E-state index contributed by atoms with van der Waals surface area (Å²) in [4.78, 5) is 31.0. The Bertz CT molecular complexity index is 643. The van der Waals surface area contributed by atoms with E-state index in [0.717, 1.165) is 12.8 Å². The average molecular weight is 362 g/mol. The number of nitrogens with one attached hydrogen (secondary N) is 1. The second-order valence-corrected chi connectivity index (χ2v) is 8.55. The Balaban J connectivity index is 1.45. The molecule has 1 N–H and O–H groups in total. The highest BCUT2D eigenvalue weighted by molar-refractivity contribution is 5.89. The maximum absolute atomic E-state index is 12.4. The number of nitrogens with zero attached hydrogens (tertiary/aromatic N) is 3. The van der Waals surface area contributed by atoms with E-state index in [9.17, 15) is 9.59 Å². The molecule has 2 aliphatic rings. The summed E-state index contributed by atoms with van der Waals surface area (Å²) in [7, 11) is 0. The van der Waals surface area contributed by atoms with Gasteiger partial charge in [0.05, 0.1) is 5.92 Å². The molecule has 1 saturated carbocycles. The molecule has 1 aliphatic carbocycles. The minimum absolute atomic E-state index is 0.0452. The van der Waals surface area contributed by atoms with Gasteiger partial charge in [0, 0.05) is 37.4 Å². The van der Waals surface area contributed by atoms with Crippen LogP contribution in [-0.4, -0.2) is 46.0 Å². The Labute approximate surface area is 154 Å². The van der Waals surface area contributed by atoms with Crippen LogP contribution in [0.1, 0.15) is 71.0 Å². The summed E-state index contributed by atoms with van der Waals surface area (Å²) in [5, 5.41) is 6.89. The molecule has 1 saturated heterocycles. The number of likely N-dealkylation sites (tertiary alicyclic amines) is 1. The van der Waals surface area contributed by atoms with Gasteiger partial charge in [0.1, 0.15) is 0 Å². The van der Waals surface area contributed by atoms with Crippen molar-refractivity contribution in [2.75, 3.05) is 13.1 Å². The highest BCUT2D eigenvalue weighted by Gasteiger charge is 2.38. The Hall–Kier alpha value is -1.92. The molecule has 7 nitrogen and oxygen atoms in total. The van der Waals surface area contributed by atoms with Crippen molar-refractivity contribution in [3.63, 3.8) is 0 Å². The molecule has 3 rings (SSSR count).